The molecule has 0 unspecified atom stereocenters. The number of hydrogen-bond acceptors (Lipinski definition) is 2. The minimum Gasteiger partial charge on any atom is -0.395 e. The maximum absolute atomic E-state index is 8.49. The maximum Gasteiger partial charge on any atom is 0.0556 e. The zero-order valence-electron chi connectivity index (χ0n) is 7.98. The first kappa shape index (κ1) is 10.9. The molecule has 0 aromatic carbocycles. The van der Waals surface area contributed by atoms with Crippen LogP contribution in [0.15, 0.2) is 0 Å². The fourth-order valence-corrected chi connectivity index (χ4v) is 1.13. The Morgan fingerprint density at radius 2 is 1.91 bits per heavy atom. The Balaban J connectivity index is 0.000000461. The first-order valence-electron chi connectivity index (χ1n) is 4.69. The molecule has 1 saturated carbocycles. The van der Waals surface area contributed by atoms with E-state index < -0.39 is 0 Å². The second-order valence-corrected chi connectivity index (χ2v) is 2.78. The Labute approximate surface area is 70.0 Å². The average molecular weight is 159 g/mol. The molecule has 2 heteroatoms. The second-order valence-electron chi connectivity index (χ2n) is 2.78. The van der Waals surface area contributed by atoms with E-state index in [9.17, 15) is 0 Å². The van der Waals surface area contributed by atoms with Crippen molar-refractivity contribution in [3.63, 3.8) is 0 Å². The van der Waals surface area contributed by atoms with E-state index in [0.717, 1.165) is 6.54 Å². The number of β-amino-alcohol motifs (C(OH)–C–C–N with tert-alkyl or cyclic N) is 1. The van der Waals surface area contributed by atoms with E-state index in [1.807, 2.05) is 13.8 Å². The Morgan fingerprint density at radius 1 is 1.36 bits per heavy atom. The second kappa shape index (κ2) is 5.56. The van der Waals surface area contributed by atoms with Crippen molar-refractivity contribution in [2.24, 2.45) is 0 Å². The highest BCUT2D eigenvalue weighted by atomic mass is 16.3. The van der Waals surface area contributed by atoms with Gasteiger partial charge in [0.2, 0.25) is 0 Å². The molecule has 0 aromatic rings. The summed E-state index contributed by atoms with van der Waals surface area (Å²) < 4.78 is 0. The highest BCUT2D eigenvalue weighted by molar-refractivity contribution is 5.00. The van der Waals surface area contributed by atoms with Gasteiger partial charge in [0, 0.05) is 12.1 Å². The van der Waals surface area contributed by atoms with Gasteiger partial charge in [-0.1, -0.05) is 20.8 Å². The van der Waals surface area contributed by atoms with Crippen molar-refractivity contribution < 1.29 is 5.11 Å². The van der Waals surface area contributed by atoms with Gasteiger partial charge >= 0.3 is 0 Å². The zero-order chi connectivity index (χ0) is 8.74. The van der Waals surface area contributed by atoms with Crippen molar-refractivity contribution in [2.75, 3.05) is 13.2 Å². The van der Waals surface area contributed by atoms with Crippen molar-refractivity contribution >= 4 is 0 Å². The summed E-state index contributed by atoms with van der Waals surface area (Å²) in [5.74, 6) is 0. The maximum atomic E-state index is 8.49. The first-order chi connectivity index (χ1) is 5.33. The summed E-state index contributed by atoms with van der Waals surface area (Å²) in [6.45, 7) is 7.22. The van der Waals surface area contributed by atoms with E-state index >= 15 is 0 Å². The van der Waals surface area contributed by atoms with Crippen molar-refractivity contribution in [3.05, 3.63) is 0 Å². The zero-order valence-corrected chi connectivity index (χ0v) is 7.98. The van der Waals surface area contributed by atoms with Gasteiger partial charge in [-0.05, 0) is 19.3 Å². The van der Waals surface area contributed by atoms with Crippen LogP contribution in [0.5, 0.6) is 0 Å². The lowest BCUT2D eigenvalue weighted by Crippen LogP contribution is -2.32. The smallest absolute Gasteiger partial charge is 0.0556 e. The van der Waals surface area contributed by atoms with Crippen LogP contribution < -0.4 is 5.32 Å². The third-order valence-electron chi connectivity index (χ3n) is 2.14. The molecule has 0 amide bonds. The summed E-state index contributed by atoms with van der Waals surface area (Å²) >= 11 is 0. The first-order valence-corrected chi connectivity index (χ1v) is 4.69. The van der Waals surface area contributed by atoms with E-state index in [4.69, 9.17) is 5.11 Å². The molecule has 0 aliphatic heterocycles. The van der Waals surface area contributed by atoms with Crippen LogP contribution in [-0.2, 0) is 0 Å². The summed E-state index contributed by atoms with van der Waals surface area (Å²) in [5.41, 5.74) is 0.433. The van der Waals surface area contributed by atoms with E-state index in [0.29, 0.717) is 5.54 Å². The number of aliphatic hydroxyl groups is 1. The predicted molar refractivity (Wildman–Crippen MR) is 48.7 cm³/mol. The molecule has 11 heavy (non-hydrogen) atoms. The Kier molecular flexibility index (Phi) is 5.51. The van der Waals surface area contributed by atoms with Crippen LogP contribution >= 0.6 is 0 Å². The topological polar surface area (TPSA) is 32.3 Å². The van der Waals surface area contributed by atoms with Crippen LogP contribution in [0.1, 0.15) is 40.0 Å². The molecule has 2 N–H and O–H groups in total. The average Bonchev–Trinajstić information content (AvgIpc) is 2.86. The fraction of sp³-hybridized carbons (Fsp3) is 1.00. The number of rotatable bonds is 4. The summed E-state index contributed by atoms with van der Waals surface area (Å²) in [4.78, 5) is 0. The number of hydrogen-bond donors (Lipinski definition) is 2. The van der Waals surface area contributed by atoms with Crippen LogP contribution in [0.3, 0.4) is 0 Å². The molecule has 0 aromatic heterocycles. The molecule has 68 valence electrons. The Bertz CT molecular complexity index is 89.6. The van der Waals surface area contributed by atoms with Crippen LogP contribution in [0.25, 0.3) is 0 Å². The molecular formula is C9H21NO. The molecule has 0 saturated heterocycles. The lowest BCUT2D eigenvalue weighted by Gasteiger charge is -2.12. The molecule has 1 fully saturated rings. The summed E-state index contributed by atoms with van der Waals surface area (Å²) in [6, 6.07) is 0. The molecule has 0 spiro atoms. The van der Waals surface area contributed by atoms with Crippen molar-refractivity contribution in [2.45, 2.75) is 45.6 Å². The highest BCUT2D eigenvalue weighted by Gasteiger charge is 2.39. The van der Waals surface area contributed by atoms with Gasteiger partial charge in [-0.2, -0.15) is 0 Å². The molecule has 2 nitrogen and oxygen atoms in total. The minimum absolute atomic E-state index is 0.266. The Hall–Kier alpha value is -0.0800. The summed E-state index contributed by atoms with van der Waals surface area (Å²) in [5, 5.41) is 11.8. The van der Waals surface area contributed by atoms with Gasteiger partial charge in [-0.3, -0.25) is 0 Å². The monoisotopic (exact) mass is 159 g/mol. The SMILES string of the molecule is CC.CCC1(NCCO)CC1. The van der Waals surface area contributed by atoms with E-state index in [1.165, 1.54) is 19.3 Å². The lowest BCUT2D eigenvalue weighted by atomic mass is 10.2. The Morgan fingerprint density at radius 3 is 2.18 bits per heavy atom. The molecule has 0 atom stereocenters. The van der Waals surface area contributed by atoms with Crippen LogP contribution in [0.2, 0.25) is 0 Å². The van der Waals surface area contributed by atoms with E-state index in [2.05, 4.69) is 12.2 Å². The molecule has 1 rings (SSSR count). The predicted octanol–water partition coefficient (Wildman–Crippen LogP) is 1.54. The molecular weight excluding hydrogens is 138 g/mol. The molecule has 0 heterocycles. The van der Waals surface area contributed by atoms with Gasteiger partial charge in [0.25, 0.3) is 0 Å². The van der Waals surface area contributed by atoms with E-state index in [1.54, 1.807) is 0 Å². The highest BCUT2D eigenvalue weighted by Crippen LogP contribution is 2.37. The van der Waals surface area contributed by atoms with Crippen molar-refractivity contribution in [1.29, 1.82) is 0 Å². The molecule has 1 aliphatic rings. The third kappa shape index (κ3) is 3.73. The van der Waals surface area contributed by atoms with E-state index in [-0.39, 0.29) is 6.61 Å². The minimum atomic E-state index is 0.266. The molecule has 0 bridgehead atoms. The molecule has 0 radical (unpaired) electrons. The van der Waals surface area contributed by atoms with Gasteiger partial charge in [-0.25, -0.2) is 0 Å². The quantitative estimate of drug-likeness (QED) is 0.652. The third-order valence-corrected chi connectivity index (χ3v) is 2.14. The van der Waals surface area contributed by atoms with Gasteiger partial charge < -0.3 is 10.4 Å². The number of aliphatic hydroxyl groups excluding tert-OH is 1. The van der Waals surface area contributed by atoms with Crippen molar-refractivity contribution in [1.82, 2.24) is 5.32 Å². The summed E-state index contributed by atoms with van der Waals surface area (Å²) in [7, 11) is 0. The normalized spacial score (nSPS) is 18.5. The van der Waals surface area contributed by atoms with Crippen LogP contribution in [-0.4, -0.2) is 23.8 Å². The van der Waals surface area contributed by atoms with Gasteiger partial charge in [-0.15, -0.1) is 0 Å². The largest absolute Gasteiger partial charge is 0.395 e. The van der Waals surface area contributed by atoms with Crippen LogP contribution in [0, 0.1) is 0 Å². The summed E-state index contributed by atoms with van der Waals surface area (Å²) in [6.07, 6.45) is 3.79. The number of nitrogens with one attached hydrogen (secondary N) is 1. The lowest BCUT2D eigenvalue weighted by molar-refractivity contribution is 0.280. The van der Waals surface area contributed by atoms with Gasteiger partial charge in [0.15, 0.2) is 0 Å². The fourth-order valence-electron chi connectivity index (χ4n) is 1.13. The van der Waals surface area contributed by atoms with Crippen molar-refractivity contribution in [3.8, 4) is 0 Å². The van der Waals surface area contributed by atoms with Gasteiger partial charge in [0.1, 0.15) is 0 Å². The van der Waals surface area contributed by atoms with Crippen LogP contribution in [0.4, 0.5) is 0 Å². The molecule has 1 aliphatic carbocycles. The van der Waals surface area contributed by atoms with Gasteiger partial charge in [0.05, 0.1) is 6.61 Å². The standard InChI is InChI=1S/C7H15NO.C2H6/c1-2-7(3-4-7)8-5-6-9;1-2/h8-9H,2-6H2,1H3;1-2H3.